The second-order valence-corrected chi connectivity index (χ2v) is 9.90. The van der Waals surface area contributed by atoms with Gasteiger partial charge in [-0.3, -0.25) is 14.5 Å². The van der Waals surface area contributed by atoms with Crippen molar-refractivity contribution in [3.05, 3.63) is 65.5 Å². The molecule has 2 aromatic rings. The summed E-state index contributed by atoms with van der Waals surface area (Å²) >= 11 is 0. The number of ketones is 2. The fraction of sp³-hybridized carbons (Fsp3) is 0.391. The van der Waals surface area contributed by atoms with Crippen LogP contribution in [0.3, 0.4) is 0 Å². The van der Waals surface area contributed by atoms with Crippen molar-refractivity contribution in [1.82, 2.24) is 9.21 Å². The summed E-state index contributed by atoms with van der Waals surface area (Å²) in [6.45, 7) is 2.84. The lowest BCUT2D eigenvalue weighted by Gasteiger charge is -2.42. The normalized spacial score (nSPS) is 20.9. The van der Waals surface area contributed by atoms with E-state index in [0.717, 1.165) is 0 Å². The monoisotopic (exact) mass is 444 g/mol. The fourth-order valence-corrected chi connectivity index (χ4v) is 6.43. The first-order valence-electron chi connectivity index (χ1n) is 10.5. The van der Waals surface area contributed by atoms with Gasteiger partial charge in [-0.2, -0.15) is 4.31 Å². The molecule has 2 heterocycles. The van der Waals surface area contributed by atoms with Crippen molar-refractivity contribution in [2.45, 2.75) is 37.2 Å². The fourth-order valence-electron chi connectivity index (χ4n) is 4.58. The number of fused-ring (bicyclic) bond motifs is 1. The Morgan fingerprint density at radius 3 is 2.39 bits per heavy atom. The molecule has 164 valence electrons. The van der Waals surface area contributed by atoms with Gasteiger partial charge in [0.2, 0.25) is 10.0 Å². The van der Waals surface area contributed by atoms with Crippen LogP contribution in [0.1, 0.15) is 46.9 Å². The highest BCUT2D eigenvalue weighted by Gasteiger charge is 2.42. The van der Waals surface area contributed by atoms with Crippen molar-refractivity contribution < 1.29 is 22.4 Å². The van der Waals surface area contributed by atoms with Gasteiger partial charge in [-0.1, -0.05) is 19.1 Å². The maximum atomic E-state index is 13.2. The van der Waals surface area contributed by atoms with Crippen molar-refractivity contribution in [3.63, 3.8) is 0 Å². The number of likely N-dealkylation sites (tertiary alicyclic amines) is 1. The average Bonchev–Trinajstić information content (AvgIpc) is 2.78. The van der Waals surface area contributed by atoms with Gasteiger partial charge in [-0.05, 0) is 55.7 Å². The number of carbonyl (C=O) groups excluding carboxylic acids is 2. The van der Waals surface area contributed by atoms with E-state index in [0.29, 0.717) is 37.9 Å². The lowest BCUT2D eigenvalue weighted by molar-refractivity contribution is 0.0506. The molecule has 1 atom stereocenters. The number of Topliss-reactive ketones (excluding diaryl/α,β-unsaturated/α-hetero) is 2. The molecule has 0 aromatic heterocycles. The van der Waals surface area contributed by atoms with E-state index in [2.05, 4.69) is 0 Å². The SMILES string of the molecule is CCC(N1CCC(C(=O)c2ccc(F)cc2)CC1)N1CC(=O)c2ccccc2S1(=O)=O. The van der Waals surface area contributed by atoms with Crippen LogP contribution < -0.4 is 0 Å². The van der Waals surface area contributed by atoms with Crippen LogP contribution in [0.2, 0.25) is 0 Å². The Labute approximate surface area is 181 Å². The summed E-state index contributed by atoms with van der Waals surface area (Å²) < 4.78 is 40.9. The molecule has 0 aliphatic carbocycles. The van der Waals surface area contributed by atoms with E-state index in [1.165, 1.54) is 34.6 Å². The molecule has 8 heteroatoms. The van der Waals surface area contributed by atoms with Crippen molar-refractivity contribution >= 4 is 21.6 Å². The van der Waals surface area contributed by atoms with Crippen molar-refractivity contribution in [2.75, 3.05) is 19.6 Å². The number of sulfonamides is 1. The van der Waals surface area contributed by atoms with Gasteiger partial charge in [0, 0.05) is 30.1 Å². The van der Waals surface area contributed by atoms with Crippen LogP contribution in [0, 0.1) is 11.7 Å². The zero-order valence-corrected chi connectivity index (χ0v) is 18.1. The molecule has 4 rings (SSSR count). The number of nitrogens with zero attached hydrogens (tertiary/aromatic N) is 2. The van der Waals surface area contributed by atoms with Gasteiger partial charge in [0.25, 0.3) is 0 Å². The quantitative estimate of drug-likeness (QED) is 0.662. The van der Waals surface area contributed by atoms with Crippen molar-refractivity contribution in [2.24, 2.45) is 5.92 Å². The molecule has 1 saturated heterocycles. The number of piperidine rings is 1. The highest BCUT2D eigenvalue weighted by atomic mass is 32.2. The van der Waals surface area contributed by atoms with Gasteiger partial charge >= 0.3 is 0 Å². The second kappa shape index (κ2) is 8.61. The van der Waals surface area contributed by atoms with E-state index in [4.69, 9.17) is 0 Å². The molecule has 0 N–H and O–H groups in total. The van der Waals surface area contributed by atoms with Crippen molar-refractivity contribution in [1.29, 1.82) is 0 Å². The second-order valence-electron chi connectivity index (χ2n) is 8.04. The number of benzene rings is 2. The van der Waals surface area contributed by atoms with Gasteiger partial charge in [-0.15, -0.1) is 0 Å². The molecular formula is C23H25FN2O4S. The van der Waals surface area contributed by atoms with Crippen LogP contribution >= 0.6 is 0 Å². The topological polar surface area (TPSA) is 74.8 Å². The van der Waals surface area contributed by atoms with Crippen molar-refractivity contribution in [3.8, 4) is 0 Å². The Kier molecular flexibility index (Phi) is 6.05. The average molecular weight is 445 g/mol. The largest absolute Gasteiger partial charge is 0.294 e. The Bertz CT molecular complexity index is 1090. The molecule has 1 fully saturated rings. The van der Waals surface area contributed by atoms with Gasteiger partial charge in [0.1, 0.15) is 5.82 Å². The number of hydrogen-bond acceptors (Lipinski definition) is 5. The van der Waals surface area contributed by atoms with Crippen LogP contribution in [0.5, 0.6) is 0 Å². The molecular weight excluding hydrogens is 419 g/mol. The molecule has 1 unspecified atom stereocenters. The van der Waals surface area contributed by atoms with Gasteiger partial charge in [0.05, 0.1) is 17.6 Å². The highest BCUT2D eigenvalue weighted by molar-refractivity contribution is 7.89. The summed E-state index contributed by atoms with van der Waals surface area (Å²) in [5.41, 5.74) is 0.741. The third-order valence-electron chi connectivity index (χ3n) is 6.22. The molecule has 0 amide bonds. The lowest BCUT2D eigenvalue weighted by atomic mass is 9.88. The molecule has 0 saturated carbocycles. The van der Waals surface area contributed by atoms with Crippen LogP contribution in [0.4, 0.5) is 4.39 Å². The number of halogens is 1. The number of carbonyl (C=O) groups is 2. The van der Waals surface area contributed by atoms with E-state index in [-0.39, 0.29) is 40.3 Å². The van der Waals surface area contributed by atoms with Gasteiger partial charge < -0.3 is 0 Å². The van der Waals surface area contributed by atoms with Crippen LogP contribution in [0.25, 0.3) is 0 Å². The molecule has 0 radical (unpaired) electrons. The zero-order chi connectivity index (χ0) is 22.2. The van der Waals surface area contributed by atoms with Crippen LogP contribution in [-0.4, -0.2) is 55.0 Å². The molecule has 6 nitrogen and oxygen atoms in total. The van der Waals surface area contributed by atoms with E-state index < -0.39 is 16.2 Å². The first-order valence-corrected chi connectivity index (χ1v) is 11.9. The van der Waals surface area contributed by atoms with E-state index in [1.807, 2.05) is 11.8 Å². The highest BCUT2D eigenvalue weighted by Crippen LogP contribution is 2.32. The summed E-state index contributed by atoms with van der Waals surface area (Å²) in [4.78, 5) is 27.5. The minimum Gasteiger partial charge on any atom is -0.294 e. The minimum absolute atomic E-state index is 0.0117. The maximum absolute atomic E-state index is 13.2. The minimum atomic E-state index is -3.78. The number of hydrogen-bond donors (Lipinski definition) is 0. The summed E-state index contributed by atoms with van der Waals surface area (Å²) in [5, 5.41) is 0. The standard InChI is InChI=1S/C23H25FN2O4S/c1-2-22(26-15-20(27)19-5-3-4-6-21(19)31(26,29)30)25-13-11-17(12-14-25)23(28)16-7-9-18(24)10-8-16/h3-10,17,22H,2,11-15H2,1H3. The third kappa shape index (κ3) is 4.07. The molecule has 0 spiro atoms. The van der Waals surface area contributed by atoms with E-state index in [1.54, 1.807) is 18.2 Å². The smallest absolute Gasteiger partial charge is 0.245 e. The molecule has 2 aliphatic heterocycles. The summed E-state index contributed by atoms with van der Waals surface area (Å²) in [6, 6.07) is 11.9. The number of rotatable bonds is 5. The van der Waals surface area contributed by atoms with Crippen LogP contribution in [-0.2, 0) is 10.0 Å². The summed E-state index contributed by atoms with van der Waals surface area (Å²) in [5.74, 6) is -0.775. The predicted octanol–water partition coefficient (Wildman–Crippen LogP) is 3.34. The molecule has 2 aliphatic rings. The lowest BCUT2D eigenvalue weighted by Crippen LogP contribution is -2.56. The first-order chi connectivity index (χ1) is 14.8. The predicted molar refractivity (Wildman–Crippen MR) is 114 cm³/mol. The molecule has 0 bridgehead atoms. The third-order valence-corrected chi connectivity index (χ3v) is 8.12. The Morgan fingerprint density at radius 1 is 1.10 bits per heavy atom. The Balaban J connectivity index is 1.49. The zero-order valence-electron chi connectivity index (χ0n) is 17.3. The maximum Gasteiger partial charge on any atom is 0.245 e. The van der Waals surface area contributed by atoms with E-state index in [9.17, 15) is 22.4 Å². The summed E-state index contributed by atoms with van der Waals surface area (Å²) in [6.07, 6.45) is 1.27. The first kappa shape index (κ1) is 21.8. The Morgan fingerprint density at radius 2 is 1.74 bits per heavy atom. The summed E-state index contributed by atoms with van der Waals surface area (Å²) in [7, 11) is -3.78. The Hall–Kier alpha value is -2.42. The van der Waals surface area contributed by atoms with Crippen LogP contribution in [0.15, 0.2) is 53.4 Å². The molecule has 31 heavy (non-hydrogen) atoms. The van der Waals surface area contributed by atoms with Gasteiger partial charge in [0.15, 0.2) is 11.6 Å². The van der Waals surface area contributed by atoms with E-state index >= 15 is 0 Å². The molecule has 2 aromatic carbocycles. The van der Waals surface area contributed by atoms with Gasteiger partial charge in [-0.25, -0.2) is 12.8 Å².